The lowest BCUT2D eigenvalue weighted by molar-refractivity contribution is 0.727. The first-order valence-corrected chi connectivity index (χ1v) is 5.98. The summed E-state index contributed by atoms with van der Waals surface area (Å²) in [5, 5.41) is 0. The van der Waals surface area contributed by atoms with Gasteiger partial charge in [0.2, 0.25) is 0 Å². The average molecular weight is 203 g/mol. The SMILES string of the molecule is CCCCC/C=C/CCc1ccccn1. The van der Waals surface area contributed by atoms with E-state index in [1.165, 1.54) is 31.4 Å². The summed E-state index contributed by atoms with van der Waals surface area (Å²) in [6, 6.07) is 6.10. The highest BCUT2D eigenvalue weighted by Gasteiger charge is 1.89. The maximum atomic E-state index is 4.29. The van der Waals surface area contributed by atoms with Crippen molar-refractivity contribution < 1.29 is 0 Å². The molecule has 0 atom stereocenters. The first-order valence-electron chi connectivity index (χ1n) is 5.98. The standard InChI is InChI=1S/C14H21N/c1-2-3-4-5-6-7-8-11-14-12-9-10-13-15-14/h6-7,9-10,12-13H,2-5,8,11H2,1H3/b7-6+. The third kappa shape index (κ3) is 6.05. The van der Waals surface area contributed by atoms with Gasteiger partial charge in [0.15, 0.2) is 0 Å². The summed E-state index contributed by atoms with van der Waals surface area (Å²) in [5.41, 5.74) is 1.19. The molecule has 0 bridgehead atoms. The number of allylic oxidation sites excluding steroid dienone is 2. The fourth-order valence-electron chi connectivity index (χ4n) is 1.53. The van der Waals surface area contributed by atoms with Gasteiger partial charge in [0.25, 0.3) is 0 Å². The molecule has 0 N–H and O–H groups in total. The van der Waals surface area contributed by atoms with Crippen LogP contribution in [0, 0.1) is 0 Å². The largest absolute Gasteiger partial charge is 0.261 e. The minimum absolute atomic E-state index is 1.06. The lowest BCUT2D eigenvalue weighted by Crippen LogP contribution is -1.86. The normalized spacial score (nSPS) is 11.0. The third-order valence-electron chi connectivity index (χ3n) is 2.43. The van der Waals surface area contributed by atoms with Crippen LogP contribution in [0.4, 0.5) is 0 Å². The van der Waals surface area contributed by atoms with Crippen LogP contribution >= 0.6 is 0 Å². The summed E-state index contributed by atoms with van der Waals surface area (Å²) in [4.78, 5) is 4.29. The molecular weight excluding hydrogens is 182 g/mol. The highest BCUT2D eigenvalue weighted by atomic mass is 14.7. The van der Waals surface area contributed by atoms with Crippen molar-refractivity contribution in [2.24, 2.45) is 0 Å². The van der Waals surface area contributed by atoms with Gasteiger partial charge in [0, 0.05) is 11.9 Å². The van der Waals surface area contributed by atoms with Crippen molar-refractivity contribution in [3.63, 3.8) is 0 Å². The number of unbranched alkanes of at least 4 members (excludes halogenated alkanes) is 3. The van der Waals surface area contributed by atoms with Crippen molar-refractivity contribution in [2.75, 3.05) is 0 Å². The molecule has 1 rings (SSSR count). The Labute approximate surface area is 93.2 Å². The van der Waals surface area contributed by atoms with Crippen LogP contribution in [0.3, 0.4) is 0 Å². The number of hydrogen-bond donors (Lipinski definition) is 0. The molecule has 1 heteroatoms. The van der Waals surface area contributed by atoms with Crippen LogP contribution in [0.5, 0.6) is 0 Å². The summed E-state index contributed by atoms with van der Waals surface area (Å²) in [6.45, 7) is 2.24. The average Bonchev–Trinajstić information content (AvgIpc) is 2.29. The second-order valence-corrected chi connectivity index (χ2v) is 3.83. The van der Waals surface area contributed by atoms with E-state index in [0.717, 1.165) is 12.8 Å². The molecule has 0 fully saturated rings. The molecule has 1 heterocycles. The maximum absolute atomic E-state index is 4.29. The monoisotopic (exact) mass is 203 g/mol. The fraction of sp³-hybridized carbons (Fsp3) is 0.500. The minimum Gasteiger partial charge on any atom is -0.261 e. The topological polar surface area (TPSA) is 12.9 Å². The van der Waals surface area contributed by atoms with E-state index >= 15 is 0 Å². The van der Waals surface area contributed by atoms with E-state index in [9.17, 15) is 0 Å². The smallest absolute Gasteiger partial charge is 0.0406 e. The van der Waals surface area contributed by atoms with Crippen molar-refractivity contribution in [3.8, 4) is 0 Å². The minimum atomic E-state index is 1.06. The van der Waals surface area contributed by atoms with Crippen molar-refractivity contribution in [1.29, 1.82) is 0 Å². The van der Waals surface area contributed by atoms with E-state index in [4.69, 9.17) is 0 Å². The Morgan fingerprint density at radius 2 is 2.00 bits per heavy atom. The number of pyridine rings is 1. The molecular formula is C14H21N. The van der Waals surface area contributed by atoms with Crippen molar-refractivity contribution in [2.45, 2.75) is 45.4 Å². The molecule has 0 aromatic carbocycles. The summed E-state index contributed by atoms with van der Waals surface area (Å²) >= 11 is 0. The molecule has 1 aromatic heterocycles. The predicted octanol–water partition coefficient (Wildman–Crippen LogP) is 4.15. The number of aromatic nitrogens is 1. The van der Waals surface area contributed by atoms with Crippen LogP contribution in [0.15, 0.2) is 36.5 Å². The van der Waals surface area contributed by atoms with Gasteiger partial charge in [-0.05, 0) is 37.8 Å². The lowest BCUT2D eigenvalue weighted by atomic mass is 10.1. The fourth-order valence-corrected chi connectivity index (χ4v) is 1.53. The van der Waals surface area contributed by atoms with Crippen LogP contribution in [0.1, 0.15) is 44.7 Å². The molecule has 0 aliphatic carbocycles. The second kappa shape index (κ2) is 8.22. The molecule has 1 aromatic rings. The second-order valence-electron chi connectivity index (χ2n) is 3.83. The number of hydrogen-bond acceptors (Lipinski definition) is 1. The number of nitrogens with zero attached hydrogens (tertiary/aromatic N) is 1. The zero-order chi connectivity index (χ0) is 10.8. The van der Waals surface area contributed by atoms with Crippen LogP contribution in [0.2, 0.25) is 0 Å². The van der Waals surface area contributed by atoms with Crippen LogP contribution < -0.4 is 0 Å². The summed E-state index contributed by atoms with van der Waals surface area (Å²) in [6.07, 6.45) is 13.8. The van der Waals surface area contributed by atoms with E-state index in [1.54, 1.807) is 0 Å². The van der Waals surface area contributed by atoms with Gasteiger partial charge in [-0.1, -0.05) is 38.0 Å². The predicted molar refractivity (Wildman–Crippen MR) is 65.8 cm³/mol. The van der Waals surface area contributed by atoms with Crippen LogP contribution in [-0.2, 0) is 6.42 Å². The number of aryl methyl sites for hydroxylation is 1. The van der Waals surface area contributed by atoms with Gasteiger partial charge in [-0.15, -0.1) is 0 Å². The third-order valence-corrected chi connectivity index (χ3v) is 2.43. The molecule has 0 saturated carbocycles. The molecule has 0 aliphatic heterocycles. The Kier molecular flexibility index (Phi) is 6.55. The van der Waals surface area contributed by atoms with Gasteiger partial charge >= 0.3 is 0 Å². The maximum Gasteiger partial charge on any atom is 0.0406 e. The molecule has 0 amide bonds. The van der Waals surface area contributed by atoms with Crippen molar-refractivity contribution in [3.05, 3.63) is 42.2 Å². The van der Waals surface area contributed by atoms with Gasteiger partial charge in [-0.3, -0.25) is 4.98 Å². The van der Waals surface area contributed by atoms with E-state index < -0.39 is 0 Å². The Morgan fingerprint density at radius 1 is 1.13 bits per heavy atom. The van der Waals surface area contributed by atoms with E-state index in [2.05, 4.69) is 30.1 Å². The molecule has 1 nitrogen and oxygen atoms in total. The molecule has 0 saturated heterocycles. The number of rotatable bonds is 7. The van der Waals surface area contributed by atoms with Crippen molar-refractivity contribution in [1.82, 2.24) is 4.98 Å². The van der Waals surface area contributed by atoms with Crippen molar-refractivity contribution >= 4 is 0 Å². The van der Waals surface area contributed by atoms with Gasteiger partial charge in [0.05, 0.1) is 0 Å². The zero-order valence-electron chi connectivity index (χ0n) is 9.65. The van der Waals surface area contributed by atoms with Gasteiger partial charge in [-0.2, -0.15) is 0 Å². The van der Waals surface area contributed by atoms with Crippen LogP contribution in [0.25, 0.3) is 0 Å². The summed E-state index contributed by atoms with van der Waals surface area (Å²) < 4.78 is 0. The summed E-state index contributed by atoms with van der Waals surface area (Å²) in [7, 11) is 0. The van der Waals surface area contributed by atoms with E-state index in [-0.39, 0.29) is 0 Å². The molecule has 0 spiro atoms. The lowest BCUT2D eigenvalue weighted by Gasteiger charge is -1.95. The van der Waals surface area contributed by atoms with Gasteiger partial charge in [-0.25, -0.2) is 0 Å². The Bertz CT molecular complexity index is 264. The highest BCUT2D eigenvalue weighted by molar-refractivity contribution is 5.04. The molecule has 0 aliphatic rings. The zero-order valence-corrected chi connectivity index (χ0v) is 9.65. The van der Waals surface area contributed by atoms with Crippen LogP contribution in [-0.4, -0.2) is 4.98 Å². The Hall–Kier alpha value is -1.11. The first kappa shape index (κ1) is 12.0. The molecule has 0 unspecified atom stereocenters. The first-order chi connectivity index (χ1) is 7.43. The molecule has 0 radical (unpaired) electrons. The quantitative estimate of drug-likeness (QED) is 0.479. The van der Waals surface area contributed by atoms with Gasteiger partial charge < -0.3 is 0 Å². The van der Waals surface area contributed by atoms with E-state index in [0.29, 0.717) is 0 Å². The Morgan fingerprint density at radius 3 is 2.73 bits per heavy atom. The van der Waals surface area contributed by atoms with E-state index in [1.807, 2.05) is 18.3 Å². The summed E-state index contributed by atoms with van der Waals surface area (Å²) in [5.74, 6) is 0. The highest BCUT2D eigenvalue weighted by Crippen LogP contribution is 2.02. The van der Waals surface area contributed by atoms with Gasteiger partial charge in [0.1, 0.15) is 0 Å². The molecule has 82 valence electrons. The Balaban J connectivity index is 2.06. The molecule has 15 heavy (non-hydrogen) atoms.